The fraction of sp³-hybridized carbons (Fsp3) is 0.562. The monoisotopic (exact) mass is 290 g/mol. The van der Waals surface area contributed by atoms with Crippen molar-refractivity contribution in [3.63, 3.8) is 0 Å². The van der Waals surface area contributed by atoms with Crippen molar-refractivity contribution in [3.05, 3.63) is 23.8 Å². The van der Waals surface area contributed by atoms with Gasteiger partial charge < -0.3 is 14.8 Å². The minimum Gasteiger partial charge on any atom is -0.497 e. The molecule has 1 saturated heterocycles. The number of nitrogens with one attached hydrogen (secondary N) is 1. The number of hydrogen-bond acceptors (Lipinski definition) is 3. The predicted octanol–water partition coefficient (Wildman–Crippen LogP) is 2.34. The summed E-state index contributed by atoms with van der Waals surface area (Å²) < 4.78 is 10.8. The first kappa shape index (κ1) is 14.2. The molecule has 114 valence electrons. The van der Waals surface area contributed by atoms with Gasteiger partial charge in [-0.1, -0.05) is 0 Å². The molecule has 1 atom stereocenters. The van der Waals surface area contributed by atoms with Gasteiger partial charge in [-0.3, -0.25) is 4.90 Å². The van der Waals surface area contributed by atoms with Crippen LogP contribution in [0.5, 0.6) is 5.75 Å². The van der Waals surface area contributed by atoms with Crippen molar-refractivity contribution in [3.8, 4) is 5.75 Å². The molecule has 0 aliphatic carbocycles. The second-order valence-corrected chi connectivity index (χ2v) is 5.57. The molecule has 1 N–H and O–H groups in total. The molecule has 21 heavy (non-hydrogen) atoms. The number of nitrogens with zero attached hydrogens (tertiary/aromatic N) is 1. The van der Waals surface area contributed by atoms with E-state index in [0.29, 0.717) is 6.54 Å². The Morgan fingerprint density at radius 2 is 2.38 bits per heavy atom. The van der Waals surface area contributed by atoms with Crippen LogP contribution in [-0.2, 0) is 11.2 Å². The Labute approximate surface area is 125 Å². The zero-order valence-corrected chi connectivity index (χ0v) is 12.4. The highest BCUT2D eigenvalue weighted by Gasteiger charge is 2.24. The maximum Gasteiger partial charge on any atom is 0.321 e. The number of fused-ring (bicyclic) bond motifs is 1. The molecule has 3 rings (SSSR count). The number of carbonyl (C=O) groups excluding carboxylic acids is 1. The van der Waals surface area contributed by atoms with E-state index in [1.807, 2.05) is 23.1 Å². The molecule has 5 nitrogen and oxygen atoms in total. The largest absolute Gasteiger partial charge is 0.497 e. The first-order chi connectivity index (χ1) is 10.3. The first-order valence-electron chi connectivity index (χ1n) is 7.62. The van der Waals surface area contributed by atoms with Crippen molar-refractivity contribution >= 4 is 11.7 Å². The average Bonchev–Trinajstić information content (AvgIpc) is 3.04. The van der Waals surface area contributed by atoms with Crippen LogP contribution in [0.25, 0.3) is 0 Å². The number of benzene rings is 1. The van der Waals surface area contributed by atoms with Crippen LogP contribution in [0.15, 0.2) is 18.2 Å². The fourth-order valence-corrected chi connectivity index (χ4v) is 3.01. The second kappa shape index (κ2) is 6.35. The van der Waals surface area contributed by atoms with Crippen LogP contribution < -0.4 is 15.0 Å². The van der Waals surface area contributed by atoms with E-state index in [2.05, 4.69) is 5.32 Å². The summed E-state index contributed by atoms with van der Waals surface area (Å²) in [6, 6.07) is 5.87. The van der Waals surface area contributed by atoms with Crippen molar-refractivity contribution in [1.82, 2.24) is 5.32 Å². The van der Waals surface area contributed by atoms with Gasteiger partial charge in [-0.2, -0.15) is 0 Å². The van der Waals surface area contributed by atoms with Crippen LogP contribution in [0.3, 0.4) is 0 Å². The van der Waals surface area contributed by atoms with Gasteiger partial charge in [0, 0.05) is 25.4 Å². The Balaban J connectivity index is 1.67. The topological polar surface area (TPSA) is 50.8 Å². The summed E-state index contributed by atoms with van der Waals surface area (Å²) in [4.78, 5) is 14.2. The first-order valence-corrected chi connectivity index (χ1v) is 7.62. The molecule has 0 aromatic heterocycles. The zero-order chi connectivity index (χ0) is 14.7. The Morgan fingerprint density at radius 3 is 3.14 bits per heavy atom. The third-order valence-corrected chi connectivity index (χ3v) is 4.16. The maximum absolute atomic E-state index is 12.4. The number of carbonyl (C=O) groups is 1. The Kier molecular flexibility index (Phi) is 4.29. The summed E-state index contributed by atoms with van der Waals surface area (Å²) in [6.45, 7) is 2.17. The minimum absolute atomic E-state index is 0.0309. The molecular weight excluding hydrogens is 268 g/mol. The van der Waals surface area contributed by atoms with E-state index in [4.69, 9.17) is 9.47 Å². The van der Waals surface area contributed by atoms with Gasteiger partial charge in [0.1, 0.15) is 5.75 Å². The summed E-state index contributed by atoms with van der Waals surface area (Å²) in [6.07, 6.45) is 4.27. The zero-order valence-electron chi connectivity index (χ0n) is 12.4. The molecule has 5 heteroatoms. The number of hydrogen-bond donors (Lipinski definition) is 1. The number of aryl methyl sites for hydroxylation is 1. The molecule has 0 spiro atoms. The Bertz CT molecular complexity index is 512. The molecule has 2 aliphatic rings. The highest BCUT2D eigenvalue weighted by Crippen LogP contribution is 2.30. The molecule has 1 fully saturated rings. The van der Waals surface area contributed by atoms with Crippen LogP contribution in [0.2, 0.25) is 0 Å². The average molecular weight is 290 g/mol. The number of ether oxygens (including phenoxy) is 2. The molecule has 1 unspecified atom stereocenters. The van der Waals surface area contributed by atoms with Crippen LogP contribution in [-0.4, -0.2) is 38.9 Å². The third-order valence-electron chi connectivity index (χ3n) is 4.16. The highest BCUT2D eigenvalue weighted by atomic mass is 16.5. The Morgan fingerprint density at radius 1 is 1.48 bits per heavy atom. The molecule has 0 saturated carbocycles. The van der Waals surface area contributed by atoms with Gasteiger partial charge in [0.05, 0.1) is 13.2 Å². The second-order valence-electron chi connectivity index (χ2n) is 5.57. The molecular formula is C16H22N2O3. The molecule has 2 amide bonds. The SMILES string of the molecule is COc1ccc2c(c1)CCCN2C(=O)NCC1CCCO1. The molecule has 1 aromatic rings. The van der Waals surface area contributed by atoms with E-state index >= 15 is 0 Å². The lowest BCUT2D eigenvalue weighted by Crippen LogP contribution is -2.45. The number of anilines is 1. The van der Waals surface area contributed by atoms with Gasteiger partial charge in [0.25, 0.3) is 0 Å². The number of methoxy groups -OCH3 is 1. The van der Waals surface area contributed by atoms with Gasteiger partial charge in [-0.05, 0) is 49.4 Å². The number of amides is 2. The number of urea groups is 1. The molecule has 0 bridgehead atoms. The van der Waals surface area contributed by atoms with Gasteiger partial charge in [0.2, 0.25) is 0 Å². The summed E-state index contributed by atoms with van der Waals surface area (Å²) in [7, 11) is 1.66. The van der Waals surface area contributed by atoms with Crippen molar-refractivity contribution in [2.45, 2.75) is 31.8 Å². The number of rotatable bonds is 3. The third kappa shape index (κ3) is 3.13. The summed E-state index contributed by atoms with van der Waals surface area (Å²) in [5.74, 6) is 0.843. The molecule has 2 heterocycles. The van der Waals surface area contributed by atoms with Gasteiger partial charge in [0.15, 0.2) is 0 Å². The lowest BCUT2D eigenvalue weighted by atomic mass is 10.0. The van der Waals surface area contributed by atoms with E-state index < -0.39 is 0 Å². The summed E-state index contributed by atoms with van der Waals surface area (Å²) in [5.41, 5.74) is 2.17. The smallest absolute Gasteiger partial charge is 0.321 e. The molecule has 1 aromatic carbocycles. The maximum atomic E-state index is 12.4. The van der Waals surface area contributed by atoms with E-state index in [-0.39, 0.29) is 12.1 Å². The normalized spacial score (nSPS) is 21.0. The van der Waals surface area contributed by atoms with E-state index in [1.165, 1.54) is 5.56 Å². The molecule has 0 radical (unpaired) electrons. The van der Waals surface area contributed by atoms with Gasteiger partial charge in [-0.15, -0.1) is 0 Å². The quantitative estimate of drug-likeness (QED) is 0.929. The Hall–Kier alpha value is -1.75. The van der Waals surface area contributed by atoms with Crippen molar-refractivity contribution in [1.29, 1.82) is 0 Å². The van der Waals surface area contributed by atoms with E-state index in [1.54, 1.807) is 7.11 Å². The standard InChI is InChI=1S/C16H22N2O3/c1-20-13-6-7-15-12(10-13)4-2-8-18(15)16(19)17-11-14-5-3-9-21-14/h6-7,10,14H,2-5,8-9,11H2,1H3,(H,17,19). The highest BCUT2D eigenvalue weighted by molar-refractivity contribution is 5.93. The van der Waals surface area contributed by atoms with Gasteiger partial charge in [-0.25, -0.2) is 4.79 Å². The predicted molar refractivity (Wildman–Crippen MR) is 81.0 cm³/mol. The van der Waals surface area contributed by atoms with Crippen LogP contribution in [0, 0.1) is 0 Å². The van der Waals surface area contributed by atoms with Crippen molar-refractivity contribution in [2.75, 3.05) is 31.7 Å². The summed E-state index contributed by atoms with van der Waals surface area (Å²) in [5, 5.41) is 2.99. The summed E-state index contributed by atoms with van der Waals surface area (Å²) >= 11 is 0. The van der Waals surface area contributed by atoms with Crippen molar-refractivity contribution in [2.24, 2.45) is 0 Å². The fourth-order valence-electron chi connectivity index (χ4n) is 3.01. The van der Waals surface area contributed by atoms with Crippen LogP contribution in [0.1, 0.15) is 24.8 Å². The lowest BCUT2D eigenvalue weighted by Gasteiger charge is -2.30. The molecule has 2 aliphatic heterocycles. The van der Waals surface area contributed by atoms with E-state index in [0.717, 1.165) is 50.3 Å². The van der Waals surface area contributed by atoms with Crippen molar-refractivity contribution < 1.29 is 14.3 Å². The van der Waals surface area contributed by atoms with Crippen LogP contribution >= 0.6 is 0 Å². The minimum atomic E-state index is -0.0309. The van der Waals surface area contributed by atoms with Gasteiger partial charge >= 0.3 is 6.03 Å². The van der Waals surface area contributed by atoms with Crippen LogP contribution in [0.4, 0.5) is 10.5 Å². The lowest BCUT2D eigenvalue weighted by molar-refractivity contribution is 0.111. The van der Waals surface area contributed by atoms with E-state index in [9.17, 15) is 4.79 Å².